The lowest BCUT2D eigenvalue weighted by atomic mass is 10.1. The number of ether oxygens (including phenoxy) is 1. The average Bonchev–Trinajstić information content (AvgIpc) is 3.17. The van der Waals surface area contributed by atoms with E-state index in [1.54, 1.807) is 6.07 Å². The molecule has 1 aromatic heterocycles. The van der Waals surface area contributed by atoms with Crippen molar-refractivity contribution in [3.05, 3.63) is 45.3 Å². The smallest absolute Gasteiger partial charge is 0.313 e. The van der Waals surface area contributed by atoms with Gasteiger partial charge in [-0.05, 0) is 52.4 Å². The van der Waals surface area contributed by atoms with E-state index in [0.29, 0.717) is 23.5 Å². The summed E-state index contributed by atoms with van der Waals surface area (Å²) < 4.78 is 25.9. The van der Waals surface area contributed by atoms with Crippen molar-refractivity contribution in [2.24, 2.45) is 0 Å². The lowest BCUT2D eigenvalue weighted by molar-refractivity contribution is 0.357. The zero-order valence-electron chi connectivity index (χ0n) is 12.3. The molecule has 1 aliphatic heterocycles. The van der Waals surface area contributed by atoms with Crippen LogP contribution in [0.25, 0.3) is 11.5 Å². The van der Waals surface area contributed by atoms with Gasteiger partial charge < -0.3 is 20.2 Å². The third-order valence-electron chi connectivity index (χ3n) is 3.70. The second-order valence-electron chi connectivity index (χ2n) is 5.30. The molecule has 24 heavy (non-hydrogen) atoms. The molecule has 8 heteroatoms. The summed E-state index contributed by atoms with van der Waals surface area (Å²) in [4.78, 5) is 0. The highest BCUT2D eigenvalue weighted by molar-refractivity contribution is 14.1. The number of benzene rings is 2. The summed E-state index contributed by atoms with van der Waals surface area (Å²) in [5.74, 6) is 0.689. The highest BCUT2D eigenvalue weighted by Gasteiger charge is 2.20. The third-order valence-corrected chi connectivity index (χ3v) is 4.37. The van der Waals surface area contributed by atoms with Crippen LogP contribution in [-0.4, -0.2) is 16.8 Å². The fourth-order valence-electron chi connectivity index (χ4n) is 2.59. The van der Waals surface area contributed by atoms with E-state index in [-0.39, 0.29) is 17.7 Å². The maximum atomic E-state index is 14.2. The molecule has 2 heterocycles. The molecule has 4 rings (SSSR count). The Morgan fingerprint density at radius 3 is 2.79 bits per heavy atom. The van der Waals surface area contributed by atoms with E-state index in [1.807, 2.05) is 18.2 Å². The molecular formula is C16H12FIN4O2. The maximum Gasteiger partial charge on any atom is 0.313 e. The minimum absolute atomic E-state index is 0.0202. The van der Waals surface area contributed by atoms with Crippen molar-refractivity contribution >= 4 is 40.0 Å². The van der Waals surface area contributed by atoms with E-state index in [9.17, 15) is 4.39 Å². The van der Waals surface area contributed by atoms with E-state index >= 15 is 0 Å². The van der Waals surface area contributed by atoms with Gasteiger partial charge in [0.25, 0.3) is 5.89 Å². The number of anilines is 3. The van der Waals surface area contributed by atoms with Gasteiger partial charge in [0.15, 0.2) is 0 Å². The van der Waals surface area contributed by atoms with Gasteiger partial charge in [0, 0.05) is 16.1 Å². The fraction of sp³-hybridized carbons (Fsp3) is 0.125. The average molecular weight is 438 g/mol. The van der Waals surface area contributed by atoms with Gasteiger partial charge in [-0.2, -0.15) is 0 Å². The highest BCUT2D eigenvalue weighted by Crippen LogP contribution is 2.38. The molecule has 0 aliphatic carbocycles. The fourth-order valence-corrected chi connectivity index (χ4v) is 3.04. The van der Waals surface area contributed by atoms with Crippen molar-refractivity contribution in [3.8, 4) is 17.2 Å². The largest absolute Gasteiger partial charge is 0.493 e. The van der Waals surface area contributed by atoms with Crippen molar-refractivity contribution in [2.75, 3.05) is 17.7 Å². The number of nitrogens with zero attached hydrogens (tertiary/aromatic N) is 2. The van der Waals surface area contributed by atoms with Gasteiger partial charge in [-0.1, -0.05) is 5.10 Å². The van der Waals surface area contributed by atoms with E-state index in [1.165, 1.54) is 6.07 Å². The first-order valence-electron chi connectivity index (χ1n) is 7.21. The predicted molar refractivity (Wildman–Crippen MR) is 95.7 cm³/mol. The molecule has 0 bridgehead atoms. The summed E-state index contributed by atoms with van der Waals surface area (Å²) in [6.07, 6.45) is 0.796. The van der Waals surface area contributed by atoms with Gasteiger partial charge in [0.1, 0.15) is 11.6 Å². The van der Waals surface area contributed by atoms with Gasteiger partial charge in [-0.25, -0.2) is 4.39 Å². The van der Waals surface area contributed by atoms with Crippen molar-refractivity contribution in [1.29, 1.82) is 0 Å². The monoisotopic (exact) mass is 438 g/mol. The number of rotatable bonds is 3. The summed E-state index contributed by atoms with van der Waals surface area (Å²) in [5.41, 5.74) is 8.18. The molecule has 0 fully saturated rings. The van der Waals surface area contributed by atoms with E-state index in [4.69, 9.17) is 14.9 Å². The van der Waals surface area contributed by atoms with Crippen LogP contribution in [0.2, 0.25) is 0 Å². The molecule has 3 aromatic rings. The minimum Gasteiger partial charge on any atom is -0.493 e. The van der Waals surface area contributed by atoms with Crippen LogP contribution in [0, 0.1) is 9.39 Å². The minimum atomic E-state index is -0.348. The number of halogens is 2. The topological polar surface area (TPSA) is 86.2 Å². The SMILES string of the molecule is Nc1nnc(-c2cc3c(cc2Nc2ccc(I)cc2F)OCC3)o1. The van der Waals surface area contributed by atoms with E-state index in [0.717, 1.165) is 21.3 Å². The normalized spacial score (nSPS) is 12.8. The van der Waals surface area contributed by atoms with Crippen LogP contribution in [0.5, 0.6) is 5.75 Å². The van der Waals surface area contributed by atoms with Crippen molar-refractivity contribution in [1.82, 2.24) is 10.2 Å². The Morgan fingerprint density at radius 1 is 1.17 bits per heavy atom. The van der Waals surface area contributed by atoms with Crippen molar-refractivity contribution < 1.29 is 13.5 Å². The molecule has 1 aliphatic rings. The number of nitrogens with one attached hydrogen (secondary N) is 1. The van der Waals surface area contributed by atoms with Gasteiger partial charge in [-0.3, -0.25) is 0 Å². The van der Waals surface area contributed by atoms with Crippen molar-refractivity contribution in [3.63, 3.8) is 0 Å². The molecule has 0 spiro atoms. The van der Waals surface area contributed by atoms with Gasteiger partial charge in [0.2, 0.25) is 0 Å². The zero-order valence-corrected chi connectivity index (χ0v) is 14.5. The second-order valence-corrected chi connectivity index (χ2v) is 6.54. The molecule has 2 aromatic carbocycles. The van der Waals surface area contributed by atoms with Crippen LogP contribution in [0.1, 0.15) is 5.56 Å². The molecule has 3 N–H and O–H groups in total. The van der Waals surface area contributed by atoms with Gasteiger partial charge in [-0.15, -0.1) is 5.10 Å². The first kappa shape index (κ1) is 15.2. The summed E-state index contributed by atoms with van der Waals surface area (Å²) in [5, 5.41) is 10.7. The maximum absolute atomic E-state index is 14.2. The molecule has 0 amide bonds. The number of nitrogens with two attached hydrogens (primary N) is 1. The zero-order chi connectivity index (χ0) is 16.7. The molecule has 0 radical (unpaired) electrons. The molecule has 0 atom stereocenters. The van der Waals surface area contributed by atoms with Crippen LogP contribution < -0.4 is 15.8 Å². The first-order chi connectivity index (χ1) is 11.6. The number of hydrogen-bond acceptors (Lipinski definition) is 6. The molecular weight excluding hydrogens is 426 g/mol. The van der Waals surface area contributed by atoms with Gasteiger partial charge >= 0.3 is 6.01 Å². The summed E-state index contributed by atoms with van der Waals surface area (Å²) in [7, 11) is 0. The molecule has 0 unspecified atom stereocenters. The standard InChI is InChI=1S/C16H12FIN4O2/c17-11-6-9(18)1-2-12(11)20-13-7-14-8(3-4-23-14)5-10(13)15-21-22-16(19)24-15/h1-2,5-7,20H,3-4H2,(H2,19,22). The molecule has 0 saturated carbocycles. The van der Waals surface area contributed by atoms with Crippen LogP contribution in [-0.2, 0) is 6.42 Å². The first-order valence-corrected chi connectivity index (χ1v) is 8.29. The summed E-state index contributed by atoms with van der Waals surface area (Å²) in [6.45, 7) is 0.613. The predicted octanol–water partition coefficient (Wildman–Crippen LogP) is 3.74. The Kier molecular flexibility index (Phi) is 3.75. The Balaban J connectivity index is 1.81. The van der Waals surface area contributed by atoms with Crippen LogP contribution in [0.15, 0.2) is 34.7 Å². The number of hydrogen-bond donors (Lipinski definition) is 2. The Labute approximate surface area is 150 Å². The quantitative estimate of drug-likeness (QED) is 0.607. The molecule has 6 nitrogen and oxygen atoms in total. The van der Waals surface area contributed by atoms with E-state index < -0.39 is 0 Å². The molecule has 0 saturated heterocycles. The van der Waals surface area contributed by atoms with Crippen LogP contribution in [0.3, 0.4) is 0 Å². The summed E-state index contributed by atoms with van der Waals surface area (Å²) in [6, 6.07) is 8.65. The third kappa shape index (κ3) is 2.77. The van der Waals surface area contributed by atoms with Crippen molar-refractivity contribution in [2.45, 2.75) is 6.42 Å². The molecule has 122 valence electrons. The van der Waals surface area contributed by atoms with Gasteiger partial charge in [0.05, 0.1) is 23.5 Å². The Hall–Kier alpha value is -2.36. The Bertz CT molecular complexity index is 928. The lowest BCUT2D eigenvalue weighted by Crippen LogP contribution is -1.98. The number of fused-ring (bicyclic) bond motifs is 1. The second kappa shape index (κ2) is 5.93. The van der Waals surface area contributed by atoms with Crippen LogP contribution in [0.4, 0.5) is 21.8 Å². The number of nitrogen functional groups attached to an aromatic ring is 1. The lowest BCUT2D eigenvalue weighted by Gasteiger charge is -2.13. The van der Waals surface area contributed by atoms with Crippen LogP contribution >= 0.6 is 22.6 Å². The van der Waals surface area contributed by atoms with E-state index in [2.05, 4.69) is 38.1 Å². The number of aromatic nitrogens is 2. The summed E-state index contributed by atoms with van der Waals surface area (Å²) >= 11 is 2.06. The highest BCUT2D eigenvalue weighted by atomic mass is 127. The Morgan fingerprint density at radius 2 is 2.04 bits per heavy atom.